The summed E-state index contributed by atoms with van der Waals surface area (Å²) in [7, 11) is 0. The number of unbranched alkanes of at least 4 members (excludes halogenated alkanes) is 8. The molecule has 6 nitrogen and oxygen atoms in total. The highest BCUT2D eigenvalue weighted by Gasteiger charge is 2.03. The van der Waals surface area contributed by atoms with E-state index in [2.05, 4.69) is 9.78 Å². The van der Waals surface area contributed by atoms with E-state index >= 15 is 0 Å². The van der Waals surface area contributed by atoms with E-state index in [9.17, 15) is 9.59 Å². The van der Waals surface area contributed by atoms with Crippen molar-refractivity contribution in [2.24, 2.45) is 0 Å². The van der Waals surface area contributed by atoms with E-state index in [0.29, 0.717) is 6.42 Å². The molecule has 0 aliphatic carbocycles. The quantitative estimate of drug-likeness (QED) is 0.274. The van der Waals surface area contributed by atoms with Gasteiger partial charge in [0.15, 0.2) is 0 Å². The number of hydrogen-bond donors (Lipinski definition) is 2. The van der Waals surface area contributed by atoms with Crippen LogP contribution in [0.3, 0.4) is 0 Å². The lowest BCUT2D eigenvalue weighted by atomic mass is 10.1. The van der Waals surface area contributed by atoms with Gasteiger partial charge in [0.1, 0.15) is 6.61 Å². The van der Waals surface area contributed by atoms with Gasteiger partial charge in [-0.2, -0.15) is 4.89 Å². The molecule has 0 radical (unpaired) electrons. The maximum Gasteiger partial charge on any atom is 0.342 e. The minimum Gasteiger partial charge on any atom is -0.481 e. The van der Waals surface area contributed by atoms with E-state index < -0.39 is 5.97 Å². The topological polar surface area (TPSA) is 93.1 Å². The average Bonchev–Trinajstić information content (AvgIpc) is 2.44. The molecule has 2 N–H and O–H groups in total. The van der Waals surface area contributed by atoms with Gasteiger partial charge in [-0.3, -0.25) is 9.68 Å². The number of aliphatic carboxylic acids is 1. The minimum atomic E-state index is -0.713. The van der Waals surface area contributed by atoms with Crippen molar-refractivity contribution in [3.8, 4) is 0 Å². The number of rotatable bonds is 15. The highest BCUT2D eigenvalue weighted by atomic mass is 17.2. The molecule has 0 spiro atoms. The summed E-state index contributed by atoms with van der Waals surface area (Å²) in [5.74, 6) is -1.10. The van der Waals surface area contributed by atoms with Gasteiger partial charge < -0.3 is 10.2 Å². The van der Waals surface area contributed by atoms with Gasteiger partial charge in [0.2, 0.25) is 0 Å². The number of carbonyl (C=O) groups excluding carboxylic acids is 1. The van der Waals surface area contributed by atoms with Crippen LogP contribution in [-0.4, -0.2) is 35.4 Å². The molecule has 0 saturated heterocycles. The molecule has 0 heterocycles. The van der Waals surface area contributed by atoms with Crippen LogP contribution in [0.1, 0.15) is 70.6 Å². The van der Waals surface area contributed by atoms with Gasteiger partial charge >= 0.3 is 11.9 Å². The summed E-state index contributed by atoms with van der Waals surface area (Å²) in [4.78, 5) is 30.3. The second kappa shape index (κ2) is 15.3. The minimum absolute atomic E-state index is 0.0121. The van der Waals surface area contributed by atoms with Gasteiger partial charge in [-0.15, -0.1) is 0 Å². The van der Waals surface area contributed by atoms with Crippen molar-refractivity contribution >= 4 is 11.9 Å². The third-order valence-electron chi connectivity index (χ3n) is 3.10. The van der Waals surface area contributed by atoms with E-state index in [1.54, 1.807) is 0 Å². The fourth-order valence-corrected chi connectivity index (χ4v) is 1.97. The highest BCUT2D eigenvalue weighted by molar-refractivity contribution is 5.68. The first kappa shape index (κ1) is 19.9. The molecule has 0 unspecified atom stereocenters. The first-order valence-corrected chi connectivity index (χ1v) is 7.81. The fraction of sp³-hybridized carbons (Fsp3) is 0.867. The summed E-state index contributed by atoms with van der Waals surface area (Å²) in [6, 6.07) is 0. The lowest BCUT2D eigenvalue weighted by molar-refractivity contribution is -0.275. The lowest BCUT2D eigenvalue weighted by Crippen LogP contribution is -2.07. The Labute approximate surface area is 126 Å². The number of carbonyl (C=O) groups is 2. The first-order chi connectivity index (χ1) is 10.2. The number of aliphatic hydroxyl groups excluding tert-OH is 1. The van der Waals surface area contributed by atoms with Crippen LogP contribution < -0.4 is 0 Å². The number of carboxylic acids is 1. The number of aliphatic hydroxyl groups is 1. The van der Waals surface area contributed by atoms with Crippen molar-refractivity contribution in [3.63, 3.8) is 0 Å². The van der Waals surface area contributed by atoms with Crippen LogP contribution in [0.15, 0.2) is 0 Å². The fourth-order valence-electron chi connectivity index (χ4n) is 1.97. The largest absolute Gasteiger partial charge is 0.481 e. The molecule has 0 fully saturated rings. The highest BCUT2D eigenvalue weighted by Crippen LogP contribution is 2.11. The molecule has 0 rings (SSSR count). The molecule has 0 bridgehead atoms. The van der Waals surface area contributed by atoms with Crippen molar-refractivity contribution in [1.29, 1.82) is 0 Å². The predicted octanol–water partition coefficient (Wildman–Crippen LogP) is 2.83. The van der Waals surface area contributed by atoms with Gasteiger partial charge in [0.25, 0.3) is 0 Å². The smallest absolute Gasteiger partial charge is 0.342 e. The Morgan fingerprint density at radius 2 is 1.24 bits per heavy atom. The number of hydrogen-bond acceptors (Lipinski definition) is 5. The van der Waals surface area contributed by atoms with Crippen LogP contribution in [0, 0.1) is 0 Å². The van der Waals surface area contributed by atoms with Crippen LogP contribution in [-0.2, 0) is 19.4 Å². The Hall–Kier alpha value is -1.14. The Balaban J connectivity index is 3.11. The second-order valence-corrected chi connectivity index (χ2v) is 5.08. The lowest BCUT2D eigenvalue weighted by Gasteiger charge is -2.03. The number of carboxylic acid groups (broad SMARTS) is 1. The van der Waals surface area contributed by atoms with Gasteiger partial charge in [-0.1, -0.05) is 44.9 Å². The van der Waals surface area contributed by atoms with Crippen molar-refractivity contribution in [3.05, 3.63) is 0 Å². The molecule has 0 saturated carbocycles. The maximum atomic E-state index is 11.1. The standard InChI is InChI=1S/C15H28O6/c16-12-13-20-21-15(19)11-9-7-5-3-1-2-4-6-8-10-14(17)18/h16H,1-13H2,(H,17,18). The summed E-state index contributed by atoms with van der Waals surface area (Å²) in [5.41, 5.74) is 0. The molecule has 0 amide bonds. The van der Waals surface area contributed by atoms with Crippen molar-refractivity contribution in [2.45, 2.75) is 70.6 Å². The molecule has 0 aromatic heterocycles. The molecule has 6 heteroatoms. The third kappa shape index (κ3) is 16.8. The van der Waals surface area contributed by atoms with E-state index in [0.717, 1.165) is 57.8 Å². The van der Waals surface area contributed by atoms with E-state index in [-0.39, 0.29) is 25.6 Å². The molecular formula is C15H28O6. The van der Waals surface area contributed by atoms with E-state index in [1.807, 2.05) is 0 Å². The zero-order valence-corrected chi connectivity index (χ0v) is 12.7. The van der Waals surface area contributed by atoms with Gasteiger partial charge in [-0.05, 0) is 12.8 Å². The molecule has 0 aromatic rings. The summed E-state index contributed by atoms with van der Waals surface area (Å²) < 4.78 is 0. The zero-order valence-electron chi connectivity index (χ0n) is 12.7. The van der Waals surface area contributed by atoms with Crippen molar-refractivity contribution in [1.82, 2.24) is 0 Å². The Morgan fingerprint density at radius 3 is 1.71 bits per heavy atom. The average molecular weight is 304 g/mol. The van der Waals surface area contributed by atoms with Crippen LogP contribution in [0.2, 0.25) is 0 Å². The van der Waals surface area contributed by atoms with Crippen molar-refractivity contribution < 1.29 is 29.6 Å². The van der Waals surface area contributed by atoms with Gasteiger partial charge in [-0.25, -0.2) is 4.79 Å². The van der Waals surface area contributed by atoms with Crippen LogP contribution in [0.5, 0.6) is 0 Å². The molecule has 0 aromatic carbocycles. The predicted molar refractivity (Wildman–Crippen MR) is 77.6 cm³/mol. The molecule has 0 aliphatic heterocycles. The molecule has 0 aliphatic rings. The van der Waals surface area contributed by atoms with Crippen molar-refractivity contribution in [2.75, 3.05) is 13.2 Å². The van der Waals surface area contributed by atoms with Crippen LogP contribution >= 0.6 is 0 Å². The summed E-state index contributed by atoms with van der Waals surface area (Å²) in [6.07, 6.45) is 9.83. The molecule has 124 valence electrons. The summed E-state index contributed by atoms with van der Waals surface area (Å²) in [5, 5.41) is 16.9. The van der Waals surface area contributed by atoms with Crippen LogP contribution in [0.4, 0.5) is 0 Å². The maximum absolute atomic E-state index is 11.1. The SMILES string of the molecule is O=C(O)CCCCCCCCCCCC(=O)OOCCO. The third-order valence-corrected chi connectivity index (χ3v) is 3.10. The zero-order chi connectivity index (χ0) is 15.8. The summed E-state index contributed by atoms with van der Waals surface area (Å²) in [6.45, 7) is -0.151. The Kier molecular flexibility index (Phi) is 14.4. The second-order valence-electron chi connectivity index (χ2n) is 5.08. The van der Waals surface area contributed by atoms with Gasteiger partial charge in [0.05, 0.1) is 6.61 Å². The Bertz CT molecular complexity index is 267. The van der Waals surface area contributed by atoms with E-state index in [1.165, 1.54) is 0 Å². The summed E-state index contributed by atoms with van der Waals surface area (Å²) >= 11 is 0. The normalized spacial score (nSPS) is 10.5. The Morgan fingerprint density at radius 1 is 0.762 bits per heavy atom. The molecule has 0 atom stereocenters. The van der Waals surface area contributed by atoms with E-state index in [4.69, 9.17) is 10.2 Å². The first-order valence-electron chi connectivity index (χ1n) is 7.81. The monoisotopic (exact) mass is 304 g/mol. The van der Waals surface area contributed by atoms with Crippen LogP contribution in [0.25, 0.3) is 0 Å². The van der Waals surface area contributed by atoms with Gasteiger partial charge in [0, 0.05) is 12.8 Å². The molecule has 21 heavy (non-hydrogen) atoms. The molecular weight excluding hydrogens is 276 g/mol.